The third kappa shape index (κ3) is 4.22. The molecule has 0 spiro atoms. The number of rotatable bonds is 7. The maximum atomic E-state index is 12.0. The molecule has 29 heavy (non-hydrogen) atoms. The van der Waals surface area contributed by atoms with Crippen molar-refractivity contribution in [3.8, 4) is 5.88 Å². The highest BCUT2D eigenvalue weighted by Gasteiger charge is 2.37. The van der Waals surface area contributed by atoms with Crippen LogP contribution in [0.3, 0.4) is 0 Å². The first-order valence-corrected chi connectivity index (χ1v) is 9.54. The normalized spacial score (nSPS) is 20.3. The molecule has 0 N–H and O–H groups in total. The molecule has 0 aromatic carbocycles. The Bertz CT molecular complexity index is 972. The van der Waals surface area contributed by atoms with E-state index < -0.39 is 5.54 Å². The SMILES string of the molecule is COC[C@@](C)(N=[N+]=[N-])c1cnc(O[C@H]2C[C@H](C(=O)N(C)C)C2)c2cnc(Cl)cc12. The molecular formula is C19H23ClN6O3. The predicted octanol–water partition coefficient (Wildman–Crippen LogP) is 3.70. The van der Waals surface area contributed by atoms with Gasteiger partial charge in [0.05, 0.1) is 17.5 Å². The minimum absolute atomic E-state index is 0.0249. The summed E-state index contributed by atoms with van der Waals surface area (Å²) in [6, 6.07) is 1.70. The summed E-state index contributed by atoms with van der Waals surface area (Å²) in [5, 5.41) is 5.61. The van der Waals surface area contributed by atoms with E-state index in [0.717, 1.165) is 5.39 Å². The van der Waals surface area contributed by atoms with Gasteiger partial charge >= 0.3 is 0 Å². The van der Waals surface area contributed by atoms with Gasteiger partial charge in [0.2, 0.25) is 11.8 Å². The molecule has 0 unspecified atom stereocenters. The molecular weight excluding hydrogens is 396 g/mol. The molecule has 1 atom stereocenters. The lowest BCUT2D eigenvalue weighted by atomic mass is 9.81. The first kappa shape index (κ1) is 21.1. The van der Waals surface area contributed by atoms with Crippen LogP contribution in [0.25, 0.3) is 21.2 Å². The first-order chi connectivity index (χ1) is 13.8. The van der Waals surface area contributed by atoms with Gasteiger partial charge in [0.25, 0.3) is 0 Å². The van der Waals surface area contributed by atoms with Crippen molar-refractivity contribution in [3.05, 3.63) is 39.6 Å². The van der Waals surface area contributed by atoms with E-state index in [1.165, 1.54) is 7.11 Å². The number of aromatic nitrogens is 2. The van der Waals surface area contributed by atoms with E-state index in [0.29, 0.717) is 34.8 Å². The average molecular weight is 419 g/mol. The lowest BCUT2D eigenvalue weighted by molar-refractivity contribution is -0.138. The van der Waals surface area contributed by atoms with Crippen LogP contribution >= 0.6 is 11.6 Å². The highest BCUT2D eigenvalue weighted by Crippen LogP contribution is 2.38. The van der Waals surface area contributed by atoms with E-state index in [1.807, 2.05) is 0 Å². The van der Waals surface area contributed by atoms with E-state index in [9.17, 15) is 4.79 Å². The van der Waals surface area contributed by atoms with E-state index >= 15 is 0 Å². The third-order valence-electron chi connectivity index (χ3n) is 5.14. The van der Waals surface area contributed by atoms with Crippen molar-refractivity contribution in [2.24, 2.45) is 11.0 Å². The van der Waals surface area contributed by atoms with Crippen LogP contribution in [0.15, 0.2) is 23.6 Å². The summed E-state index contributed by atoms with van der Waals surface area (Å²) in [6.45, 7) is 1.94. The lowest BCUT2D eigenvalue weighted by Gasteiger charge is -2.35. The Kier molecular flexibility index (Phi) is 6.12. The third-order valence-corrected chi connectivity index (χ3v) is 5.34. The molecule has 0 aliphatic heterocycles. The maximum absolute atomic E-state index is 12.0. The van der Waals surface area contributed by atoms with Crippen LogP contribution in [0, 0.1) is 5.92 Å². The summed E-state index contributed by atoms with van der Waals surface area (Å²) >= 11 is 6.13. The Morgan fingerprint density at radius 1 is 1.38 bits per heavy atom. The summed E-state index contributed by atoms with van der Waals surface area (Å²) in [5.41, 5.74) is 8.72. The van der Waals surface area contributed by atoms with Crippen LogP contribution in [-0.2, 0) is 15.1 Å². The molecule has 1 fully saturated rings. The fraction of sp³-hybridized carbons (Fsp3) is 0.526. The number of halogens is 1. The number of hydrogen-bond acceptors (Lipinski definition) is 6. The lowest BCUT2D eigenvalue weighted by Crippen LogP contribution is -2.43. The maximum Gasteiger partial charge on any atom is 0.225 e. The molecule has 9 nitrogen and oxygen atoms in total. The minimum atomic E-state index is -0.975. The van der Waals surface area contributed by atoms with Gasteiger partial charge < -0.3 is 14.4 Å². The van der Waals surface area contributed by atoms with Crippen LogP contribution < -0.4 is 4.74 Å². The largest absolute Gasteiger partial charge is 0.474 e. The van der Waals surface area contributed by atoms with Crippen LogP contribution in [0.2, 0.25) is 5.15 Å². The molecule has 1 saturated carbocycles. The van der Waals surface area contributed by atoms with E-state index in [4.69, 9.17) is 26.6 Å². The van der Waals surface area contributed by atoms with Crippen LogP contribution in [0.4, 0.5) is 0 Å². The molecule has 3 rings (SSSR count). The highest BCUT2D eigenvalue weighted by molar-refractivity contribution is 6.30. The number of nitrogens with zero attached hydrogens (tertiary/aromatic N) is 6. The number of amides is 1. The summed E-state index contributed by atoms with van der Waals surface area (Å²) in [6.07, 6.45) is 4.40. The zero-order valence-electron chi connectivity index (χ0n) is 16.8. The Hall–Kier alpha value is -2.61. The summed E-state index contributed by atoms with van der Waals surface area (Å²) in [4.78, 5) is 25.2. The fourth-order valence-corrected chi connectivity index (χ4v) is 3.69. The molecule has 0 radical (unpaired) electrons. The molecule has 1 aliphatic rings. The topological polar surface area (TPSA) is 113 Å². The second kappa shape index (κ2) is 8.41. The van der Waals surface area contributed by atoms with Gasteiger partial charge in [-0.25, -0.2) is 9.97 Å². The Morgan fingerprint density at radius 2 is 2.10 bits per heavy atom. The monoisotopic (exact) mass is 418 g/mol. The fourth-order valence-electron chi connectivity index (χ4n) is 3.54. The van der Waals surface area contributed by atoms with Gasteiger partial charge in [-0.3, -0.25) is 4.79 Å². The van der Waals surface area contributed by atoms with Gasteiger partial charge in [0.15, 0.2) is 0 Å². The average Bonchev–Trinajstić information content (AvgIpc) is 2.63. The quantitative estimate of drug-likeness (QED) is 0.294. The van der Waals surface area contributed by atoms with Crippen molar-refractivity contribution in [3.63, 3.8) is 0 Å². The predicted molar refractivity (Wildman–Crippen MR) is 109 cm³/mol. The molecule has 0 saturated heterocycles. The van der Waals surface area contributed by atoms with Gasteiger partial charge in [0, 0.05) is 44.4 Å². The number of pyridine rings is 2. The number of azide groups is 1. The number of methoxy groups -OCH3 is 1. The minimum Gasteiger partial charge on any atom is -0.474 e. The number of carbonyl (C=O) groups is 1. The van der Waals surface area contributed by atoms with Crippen molar-refractivity contribution >= 4 is 28.3 Å². The second-order valence-electron chi connectivity index (χ2n) is 7.57. The van der Waals surface area contributed by atoms with Crippen molar-refractivity contribution < 1.29 is 14.3 Å². The van der Waals surface area contributed by atoms with E-state index in [2.05, 4.69) is 20.0 Å². The zero-order chi connectivity index (χ0) is 21.2. The van der Waals surface area contributed by atoms with E-state index in [-0.39, 0.29) is 24.5 Å². The number of carbonyl (C=O) groups excluding carboxylic acids is 1. The molecule has 2 heterocycles. The molecule has 2 aromatic heterocycles. The van der Waals surface area contributed by atoms with Gasteiger partial charge in [0.1, 0.15) is 11.3 Å². The van der Waals surface area contributed by atoms with Gasteiger partial charge in [-0.05, 0) is 42.3 Å². The second-order valence-corrected chi connectivity index (χ2v) is 7.95. The summed E-state index contributed by atoms with van der Waals surface area (Å²) in [5.74, 6) is 0.494. The Balaban J connectivity index is 1.94. The van der Waals surface area contributed by atoms with Gasteiger partial charge in [-0.1, -0.05) is 16.7 Å². The van der Waals surface area contributed by atoms with Gasteiger partial charge in [-0.15, -0.1) is 0 Å². The summed E-state index contributed by atoms with van der Waals surface area (Å²) < 4.78 is 11.3. The van der Waals surface area contributed by atoms with Crippen LogP contribution in [0.1, 0.15) is 25.3 Å². The first-order valence-electron chi connectivity index (χ1n) is 9.17. The van der Waals surface area contributed by atoms with Crippen molar-refractivity contribution in [1.29, 1.82) is 0 Å². The number of hydrogen-bond donors (Lipinski definition) is 0. The van der Waals surface area contributed by atoms with Crippen LogP contribution in [-0.4, -0.2) is 54.7 Å². The van der Waals surface area contributed by atoms with Gasteiger partial charge in [-0.2, -0.15) is 0 Å². The molecule has 1 aliphatic carbocycles. The summed E-state index contributed by atoms with van der Waals surface area (Å²) in [7, 11) is 5.04. The zero-order valence-corrected chi connectivity index (χ0v) is 17.5. The number of ether oxygens (including phenoxy) is 2. The Labute approximate surface area is 173 Å². The smallest absolute Gasteiger partial charge is 0.225 e. The Morgan fingerprint density at radius 3 is 2.72 bits per heavy atom. The molecule has 0 bridgehead atoms. The molecule has 154 valence electrons. The highest BCUT2D eigenvalue weighted by atomic mass is 35.5. The molecule has 2 aromatic rings. The van der Waals surface area contributed by atoms with Crippen LogP contribution in [0.5, 0.6) is 5.88 Å². The standard InChI is InChI=1S/C19H23ClN6O3/c1-19(10-28-4,24-25-21)15-9-23-17(14-8-22-16(20)7-13(14)15)29-12-5-11(6-12)18(27)26(2)3/h7-9,11-12H,5-6,10H2,1-4H3/t11-,12-,19-/m1/s1. The number of fused-ring (bicyclic) bond motifs is 1. The molecule has 10 heteroatoms. The van der Waals surface area contributed by atoms with Crippen molar-refractivity contribution in [2.45, 2.75) is 31.4 Å². The van der Waals surface area contributed by atoms with Crippen molar-refractivity contribution in [2.75, 3.05) is 27.8 Å². The van der Waals surface area contributed by atoms with Crippen molar-refractivity contribution in [1.82, 2.24) is 14.9 Å². The van der Waals surface area contributed by atoms with E-state index in [1.54, 1.807) is 44.4 Å². The molecule has 1 amide bonds.